The van der Waals surface area contributed by atoms with Gasteiger partial charge in [0.25, 0.3) is 0 Å². The molecule has 1 saturated heterocycles. The van der Waals surface area contributed by atoms with E-state index >= 15 is 0 Å². The molecule has 6 aliphatic rings. The Bertz CT molecular complexity index is 1050. The fourth-order valence-electron chi connectivity index (χ4n) is 9.30. The van der Waals surface area contributed by atoms with E-state index in [2.05, 4.69) is 37.3 Å². The molecule has 1 amide bonds. The summed E-state index contributed by atoms with van der Waals surface area (Å²) in [6, 6.07) is 10.4. The quantitative estimate of drug-likeness (QED) is 0.606. The van der Waals surface area contributed by atoms with Crippen molar-refractivity contribution < 1.29 is 19.1 Å². The molecule has 1 aromatic carbocycles. The van der Waals surface area contributed by atoms with Crippen molar-refractivity contribution in [2.24, 2.45) is 28.4 Å². The number of benzene rings is 1. The number of carbonyl (C=O) groups excluding carboxylic acids is 2. The van der Waals surface area contributed by atoms with Gasteiger partial charge in [0.1, 0.15) is 5.60 Å². The lowest BCUT2D eigenvalue weighted by Gasteiger charge is -2.65. The molecule has 2 N–H and O–H groups in total. The van der Waals surface area contributed by atoms with E-state index in [9.17, 15) is 9.59 Å². The number of nitrogens with zero attached hydrogens (tertiary/aromatic N) is 1. The van der Waals surface area contributed by atoms with Gasteiger partial charge in [-0.1, -0.05) is 37.3 Å². The minimum absolute atomic E-state index is 0.0208. The van der Waals surface area contributed by atoms with Crippen LogP contribution in [0.4, 0.5) is 4.79 Å². The molecular formula is C29H40N2O4. The first-order valence-corrected chi connectivity index (χ1v) is 13.4. The Kier molecular flexibility index (Phi) is 4.83. The number of fused-ring (bicyclic) bond motifs is 2. The van der Waals surface area contributed by atoms with Crippen molar-refractivity contribution in [1.82, 2.24) is 4.90 Å². The van der Waals surface area contributed by atoms with Gasteiger partial charge < -0.3 is 15.2 Å². The molecule has 35 heavy (non-hydrogen) atoms. The van der Waals surface area contributed by atoms with Crippen LogP contribution in [-0.4, -0.2) is 40.9 Å². The van der Waals surface area contributed by atoms with Gasteiger partial charge in [0, 0.05) is 13.0 Å². The fourth-order valence-corrected chi connectivity index (χ4v) is 9.30. The number of nitrogens with two attached hydrogens (primary N) is 1. The van der Waals surface area contributed by atoms with Gasteiger partial charge in [0.15, 0.2) is 0 Å². The van der Waals surface area contributed by atoms with E-state index in [4.69, 9.17) is 15.2 Å². The third-order valence-electron chi connectivity index (χ3n) is 9.70. The second kappa shape index (κ2) is 7.24. The first kappa shape index (κ1) is 23.3. The van der Waals surface area contributed by atoms with Gasteiger partial charge in [-0.25, -0.2) is 4.79 Å². The molecule has 7 rings (SSSR count). The van der Waals surface area contributed by atoms with Crippen LogP contribution >= 0.6 is 0 Å². The average molecular weight is 481 g/mol. The number of hydrogen-bond acceptors (Lipinski definition) is 5. The fraction of sp³-hybridized carbons (Fsp3) is 0.724. The van der Waals surface area contributed by atoms with Gasteiger partial charge in [-0.15, -0.1) is 0 Å². The van der Waals surface area contributed by atoms with Crippen LogP contribution in [0, 0.1) is 22.7 Å². The van der Waals surface area contributed by atoms with E-state index in [-0.39, 0.29) is 28.8 Å². The highest BCUT2D eigenvalue weighted by molar-refractivity contribution is 5.80. The van der Waals surface area contributed by atoms with Crippen LogP contribution in [0.25, 0.3) is 0 Å². The van der Waals surface area contributed by atoms with Crippen molar-refractivity contribution in [2.45, 2.75) is 102 Å². The first-order chi connectivity index (χ1) is 16.4. The maximum Gasteiger partial charge on any atom is 0.413 e. The molecule has 7 atom stereocenters. The van der Waals surface area contributed by atoms with Crippen LogP contribution in [0.5, 0.6) is 0 Å². The molecule has 1 aromatic rings. The third kappa shape index (κ3) is 3.53. The number of rotatable bonds is 3. The smallest absolute Gasteiger partial charge is 0.413 e. The van der Waals surface area contributed by atoms with Crippen LogP contribution in [-0.2, 0) is 19.7 Å². The Morgan fingerprint density at radius 1 is 1.00 bits per heavy atom. The zero-order valence-corrected chi connectivity index (χ0v) is 21.6. The highest BCUT2D eigenvalue weighted by Gasteiger charge is 2.68. The summed E-state index contributed by atoms with van der Waals surface area (Å²) in [7, 11) is 0. The number of carbonyl (C=O) groups is 2. The number of amides is 1. The largest absolute Gasteiger partial charge is 0.444 e. The third-order valence-corrected chi connectivity index (χ3v) is 9.70. The van der Waals surface area contributed by atoms with Crippen molar-refractivity contribution in [3.05, 3.63) is 35.9 Å². The lowest BCUT2D eigenvalue weighted by Crippen LogP contribution is -2.65. The van der Waals surface area contributed by atoms with Gasteiger partial charge in [-0.05, 0) is 93.9 Å². The second-order valence-electron chi connectivity index (χ2n) is 14.0. The molecule has 1 aliphatic heterocycles. The number of likely N-dealkylation sites (tertiary alicyclic amines) is 1. The van der Waals surface area contributed by atoms with E-state index in [1.165, 1.54) is 12.0 Å². The molecule has 190 valence electrons. The van der Waals surface area contributed by atoms with Gasteiger partial charge in [0.2, 0.25) is 5.72 Å². The maximum atomic E-state index is 14.3. The summed E-state index contributed by atoms with van der Waals surface area (Å²) < 4.78 is 12.2. The zero-order chi connectivity index (χ0) is 24.9. The molecule has 5 aliphatic carbocycles. The molecular weight excluding hydrogens is 440 g/mol. The van der Waals surface area contributed by atoms with Crippen LogP contribution in [0.15, 0.2) is 30.3 Å². The predicted molar refractivity (Wildman–Crippen MR) is 132 cm³/mol. The Labute approximate surface area is 208 Å². The van der Waals surface area contributed by atoms with Gasteiger partial charge in [-0.2, -0.15) is 0 Å². The highest BCUT2D eigenvalue weighted by atomic mass is 16.6. The second-order valence-corrected chi connectivity index (χ2v) is 14.0. The number of piperidine rings is 1. The van der Waals surface area contributed by atoms with Gasteiger partial charge in [-0.3, -0.25) is 9.69 Å². The summed E-state index contributed by atoms with van der Waals surface area (Å²) >= 11 is 0. The summed E-state index contributed by atoms with van der Waals surface area (Å²) in [5, 5.41) is 0. The summed E-state index contributed by atoms with van der Waals surface area (Å²) in [6.07, 6.45) is 7.01. The Morgan fingerprint density at radius 3 is 2.40 bits per heavy atom. The zero-order valence-electron chi connectivity index (χ0n) is 21.6. The van der Waals surface area contributed by atoms with Crippen LogP contribution in [0.3, 0.4) is 0 Å². The van der Waals surface area contributed by atoms with Gasteiger partial charge in [0.05, 0.1) is 11.5 Å². The van der Waals surface area contributed by atoms with Gasteiger partial charge >= 0.3 is 12.1 Å². The highest BCUT2D eigenvalue weighted by Crippen LogP contribution is 2.70. The molecule has 6 nitrogen and oxygen atoms in total. The monoisotopic (exact) mass is 480 g/mol. The Hall–Kier alpha value is -2.08. The lowest BCUT2D eigenvalue weighted by atomic mass is 9.39. The predicted octanol–water partition coefficient (Wildman–Crippen LogP) is 5.14. The van der Waals surface area contributed by atoms with Crippen molar-refractivity contribution in [3.8, 4) is 0 Å². The van der Waals surface area contributed by atoms with E-state index in [1.54, 1.807) is 4.90 Å². The standard InChI is InChI=1S/C29H40N2O4/c1-25(2,3)35-24(33)31-15-19-10-22(30)29(31,14-19)34-23(32)28-13-20-11-26(4,17-28)16-27(12-20,18-28)21-8-6-5-7-9-21/h5-9,19-20,22H,10-18,30H2,1-4H3. The molecule has 7 unspecified atom stereocenters. The van der Waals surface area contributed by atoms with E-state index in [0.717, 1.165) is 38.5 Å². The Morgan fingerprint density at radius 2 is 1.74 bits per heavy atom. The molecule has 1 heterocycles. The van der Waals surface area contributed by atoms with Crippen LogP contribution in [0.1, 0.15) is 84.6 Å². The summed E-state index contributed by atoms with van der Waals surface area (Å²) in [6.45, 7) is 8.48. The number of esters is 1. The van der Waals surface area contributed by atoms with E-state index in [0.29, 0.717) is 18.9 Å². The average Bonchev–Trinajstić information content (AvgIpc) is 3.25. The topological polar surface area (TPSA) is 81.9 Å². The molecule has 6 heteroatoms. The molecule has 0 spiro atoms. The molecule has 0 aromatic heterocycles. The Balaban J connectivity index is 1.32. The molecule has 6 fully saturated rings. The molecule has 5 saturated carbocycles. The number of hydrogen-bond donors (Lipinski definition) is 1. The minimum Gasteiger partial charge on any atom is -0.444 e. The van der Waals surface area contributed by atoms with E-state index in [1.807, 2.05) is 20.8 Å². The van der Waals surface area contributed by atoms with Crippen LogP contribution in [0.2, 0.25) is 0 Å². The van der Waals surface area contributed by atoms with E-state index < -0.39 is 22.8 Å². The van der Waals surface area contributed by atoms with Crippen molar-refractivity contribution in [1.29, 1.82) is 0 Å². The van der Waals surface area contributed by atoms with Crippen molar-refractivity contribution in [2.75, 3.05) is 6.54 Å². The normalized spacial score (nSPS) is 43.5. The molecule has 6 bridgehead atoms. The first-order valence-electron chi connectivity index (χ1n) is 13.4. The summed E-state index contributed by atoms with van der Waals surface area (Å²) in [4.78, 5) is 29.1. The van der Waals surface area contributed by atoms with Crippen molar-refractivity contribution in [3.63, 3.8) is 0 Å². The lowest BCUT2D eigenvalue weighted by molar-refractivity contribution is -0.211. The summed E-state index contributed by atoms with van der Waals surface area (Å²) in [5.41, 5.74) is 5.89. The SMILES string of the molecule is CC12CC3CC(C(=O)OC45CC(CC4N)CN5C(=O)OC(C)(C)C)(C1)CC(c1ccccc1)(C3)C2. The minimum atomic E-state index is -1.09. The van der Waals surface area contributed by atoms with Crippen LogP contribution < -0.4 is 5.73 Å². The maximum absolute atomic E-state index is 14.3. The molecule has 0 radical (unpaired) electrons. The van der Waals surface area contributed by atoms with Crippen molar-refractivity contribution >= 4 is 12.1 Å². The summed E-state index contributed by atoms with van der Waals surface area (Å²) in [5.74, 6) is 0.631. The number of ether oxygens (including phenoxy) is 2.